The van der Waals surface area contributed by atoms with Gasteiger partial charge < -0.3 is 10.1 Å². The molecule has 19 heavy (non-hydrogen) atoms. The minimum Gasteiger partial charge on any atom is -0.375 e. The van der Waals surface area contributed by atoms with Crippen LogP contribution >= 0.6 is 11.6 Å². The first-order valence-corrected chi connectivity index (χ1v) is 7.60. The van der Waals surface area contributed by atoms with Crippen LogP contribution in [0.4, 0.5) is 0 Å². The van der Waals surface area contributed by atoms with E-state index in [0.29, 0.717) is 18.1 Å². The molecule has 1 saturated heterocycles. The Morgan fingerprint density at radius 2 is 2.16 bits per heavy atom. The fourth-order valence-corrected chi connectivity index (χ4v) is 3.15. The van der Waals surface area contributed by atoms with E-state index < -0.39 is 0 Å². The molecule has 1 heterocycles. The van der Waals surface area contributed by atoms with Gasteiger partial charge in [0.25, 0.3) is 0 Å². The summed E-state index contributed by atoms with van der Waals surface area (Å²) in [6.07, 6.45) is 5.40. The highest BCUT2D eigenvalue weighted by Gasteiger charge is 2.25. The summed E-state index contributed by atoms with van der Waals surface area (Å²) in [5, 5.41) is 4.17. The number of halogens is 1. The van der Waals surface area contributed by atoms with Gasteiger partial charge in [0.1, 0.15) is 0 Å². The molecule has 0 aromatic heterocycles. The third-order valence-electron chi connectivity index (χ3n) is 3.88. The molecule has 0 radical (unpaired) electrons. The van der Waals surface area contributed by atoms with Crippen LogP contribution in [0.5, 0.6) is 0 Å². The Hall–Kier alpha value is -0.570. The number of ether oxygens (including phenoxy) is 1. The van der Waals surface area contributed by atoms with Crippen LogP contribution in [0.25, 0.3) is 0 Å². The van der Waals surface area contributed by atoms with Gasteiger partial charge in [0.2, 0.25) is 0 Å². The SMILES string of the molecule is CNCC(Cc1ccccc1Cl)CC1CCC(C)O1. The molecular formula is C16H24ClNO. The minimum absolute atomic E-state index is 0.427. The Morgan fingerprint density at radius 1 is 1.37 bits per heavy atom. The third-order valence-corrected chi connectivity index (χ3v) is 4.24. The molecule has 0 saturated carbocycles. The second-order valence-corrected chi connectivity index (χ2v) is 6.01. The molecule has 1 aromatic carbocycles. The van der Waals surface area contributed by atoms with Crippen molar-refractivity contribution in [1.29, 1.82) is 0 Å². The van der Waals surface area contributed by atoms with Crippen LogP contribution in [-0.4, -0.2) is 25.8 Å². The van der Waals surface area contributed by atoms with Gasteiger partial charge in [0, 0.05) is 5.02 Å². The Labute approximate surface area is 121 Å². The maximum absolute atomic E-state index is 6.26. The van der Waals surface area contributed by atoms with Crippen molar-refractivity contribution in [2.45, 2.75) is 44.8 Å². The van der Waals surface area contributed by atoms with Crippen LogP contribution < -0.4 is 5.32 Å². The van der Waals surface area contributed by atoms with E-state index >= 15 is 0 Å². The largest absolute Gasteiger partial charge is 0.375 e. The quantitative estimate of drug-likeness (QED) is 0.859. The van der Waals surface area contributed by atoms with E-state index in [9.17, 15) is 0 Å². The van der Waals surface area contributed by atoms with Crippen molar-refractivity contribution in [2.24, 2.45) is 5.92 Å². The van der Waals surface area contributed by atoms with E-state index in [1.54, 1.807) is 0 Å². The van der Waals surface area contributed by atoms with Crippen molar-refractivity contribution in [3.63, 3.8) is 0 Å². The molecule has 3 unspecified atom stereocenters. The number of benzene rings is 1. The molecule has 1 aliphatic rings. The summed E-state index contributed by atoms with van der Waals surface area (Å²) >= 11 is 6.26. The van der Waals surface area contributed by atoms with E-state index in [0.717, 1.165) is 24.4 Å². The van der Waals surface area contributed by atoms with Gasteiger partial charge in [-0.3, -0.25) is 0 Å². The summed E-state index contributed by atoms with van der Waals surface area (Å²) in [6.45, 7) is 3.18. The average Bonchev–Trinajstić information content (AvgIpc) is 2.78. The molecule has 1 N–H and O–H groups in total. The Balaban J connectivity index is 1.94. The summed E-state index contributed by atoms with van der Waals surface area (Å²) in [7, 11) is 2.01. The Morgan fingerprint density at radius 3 is 2.79 bits per heavy atom. The van der Waals surface area contributed by atoms with E-state index in [2.05, 4.69) is 24.4 Å². The first-order chi connectivity index (χ1) is 9.19. The highest BCUT2D eigenvalue weighted by Crippen LogP contribution is 2.27. The molecule has 0 amide bonds. The first-order valence-electron chi connectivity index (χ1n) is 7.22. The summed E-state index contributed by atoms with van der Waals surface area (Å²) in [5.41, 5.74) is 1.25. The van der Waals surface area contributed by atoms with Crippen LogP contribution in [0.15, 0.2) is 24.3 Å². The summed E-state index contributed by atoms with van der Waals surface area (Å²) < 4.78 is 5.95. The topological polar surface area (TPSA) is 21.3 Å². The summed E-state index contributed by atoms with van der Waals surface area (Å²) in [5.74, 6) is 0.584. The maximum atomic E-state index is 6.26. The molecule has 1 aromatic rings. The van der Waals surface area contributed by atoms with Crippen molar-refractivity contribution in [2.75, 3.05) is 13.6 Å². The molecule has 2 rings (SSSR count). The predicted molar refractivity (Wildman–Crippen MR) is 80.8 cm³/mol. The van der Waals surface area contributed by atoms with Crippen LogP contribution in [0, 0.1) is 5.92 Å². The first kappa shape index (κ1) is 14.8. The van der Waals surface area contributed by atoms with Gasteiger partial charge >= 0.3 is 0 Å². The second kappa shape index (κ2) is 7.28. The third kappa shape index (κ3) is 4.48. The number of hydrogen-bond donors (Lipinski definition) is 1. The summed E-state index contributed by atoms with van der Waals surface area (Å²) in [6, 6.07) is 8.15. The van der Waals surface area contributed by atoms with Crippen molar-refractivity contribution in [1.82, 2.24) is 5.32 Å². The monoisotopic (exact) mass is 281 g/mol. The molecule has 0 spiro atoms. The smallest absolute Gasteiger partial charge is 0.0583 e. The standard InChI is InChI=1S/C16H24ClNO/c1-12-7-8-15(19-12)10-13(11-18-2)9-14-5-3-4-6-16(14)17/h3-6,12-13,15,18H,7-11H2,1-2H3. The molecule has 0 bridgehead atoms. The van der Waals surface area contributed by atoms with Crippen molar-refractivity contribution in [3.8, 4) is 0 Å². The van der Waals surface area contributed by atoms with E-state index in [4.69, 9.17) is 16.3 Å². The lowest BCUT2D eigenvalue weighted by Gasteiger charge is -2.21. The predicted octanol–water partition coefficient (Wildman–Crippen LogP) is 3.68. The average molecular weight is 282 g/mol. The van der Waals surface area contributed by atoms with Crippen LogP contribution in [0.1, 0.15) is 31.7 Å². The molecule has 0 aliphatic carbocycles. The van der Waals surface area contributed by atoms with Crippen molar-refractivity contribution in [3.05, 3.63) is 34.9 Å². The lowest BCUT2D eigenvalue weighted by molar-refractivity contribution is 0.0409. The lowest BCUT2D eigenvalue weighted by Crippen LogP contribution is -2.25. The van der Waals surface area contributed by atoms with Crippen molar-refractivity contribution < 1.29 is 4.74 Å². The molecule has 2 nitrogen and oxygen atoms in total. The molecular weight excluding hydrogens is 258 g/mol. The lowest BCUT2D eigenvalue weighted by atomic mass is 9.92. The van der Waals surface area contributed by atoms with E-state index in [1.807, 2.05) is 19.2 Å². The van der Waals surface area contributed by atoms with Crippen LogP contribution in [0.2, 0.25) is 5.02 Å². The molecule has 3 atom stereocenters. The molecule has 3 heteroatoms. The van der Waals surface area contributed by atoms with E-state index in [1.165, 1.54) is 18.4 Å². The zero-order chi connectivity index (χ0) is 13.7. The Kier molecular flexibility index (Phi) is 5.68. The van der Waals surface area contributed by atoms with Gasteiger partial charge in [0.05, 0.1) is 12.2 Å². The Bertz CT molecular complexity index is 396. The van der Waals surface area contributed by atoms with Gasteiger partial charge in [-0.15, -0.1) is 0 Å². The molecule has 106 valence electrons. The minimum atomic E-state index is 0.427. The normalized spacial score (nSPS) is 24.6. The number of rotatable bonds is 6. The summed E-state index contributed by atoms with van der Waals surface area (Å²) in [4.78, 5) is 0. The maximum Gasteiger partial charge on any atom is 0.0583 e. The van der Waals surface area contributed by atoms with Gasteiger partial charge in [-0.25, -0.2) is 0 Å². The van der Waals surface area contributed by atoms with Gasteiger partial charge in [-0.2, -0.15) is 0 Å². The second-order valence-electron chi connectivity index (χ2n) is 5.60. The van der Waals surface area contributed by atoms with Gasteiger partial charge in [0.15, 0.2) is 0 Å². The highest BCUT2D eigenvalue weighted by molar-refractivity contribution is 6.31. The van der Waals surface area contributed by atoms with Crippen LogP contribution in [-0.2, 0) is 11.2 Å². The van der Waals surface area contributed by atoms with Gasteiger partial charge in [-0.1, -0.05) is 29.8 Å². The fraction of sp³-hybridized carbons (Fsp3) is 0.625. The fourth-order valence-electron chi connectivity index (χ4n) is 2.93. The highest BCUT2D eigenvalue weighted by atomic mass is 35.5. The van der Waals surface area contributed by atoms with Crippen LogP contribution in [0.3, 0.4) is 0 Å². The number of hydrogen-bond acceptors (Lipinski definition) is 2. The van der Waals surface area contributed by atoms with Gasteiger partial charge in [-0.05, 0) is 63.7 Å². The zero-order valence-electron chi connectivity index (χ0n) is 11.9. The zero-order valence-corrected chi connectivity index (χ0v) is 12.6. The van der Waals surface area contributed by atoms with E-state index in [-0.39, 0.29) is 0 Å². The molecule has 1 aliphatic heterocycles. The number of nitrogens with one attached hydrogen (secondary N) is 1. The van der Waals surface area contributed by atoms with Crippen molar-refractivity contribution >= 4 is 11.6 Å². The molecule has 1 fully saturated rings.